The molecule has 2 rings (SSSR count). The summed E-state index contributed by atoms with van der Waals surface area (Å²) >= 11 is 5.99. The van der Waals surface area contributed by atoms with Crippen molar-refractivity contribution >= 4 is 17.5 Å². The minimum atomic E-state index is -0.0760. The molecule has 1 aliphatic carbocycles. The van der Waals surface area contributed by atoms with E-state index in [2.05, 4.69) is 5.32 Å². The maximum atomic E-state index is 12.2. The summed E-state index contributed by atoms with van der Waals surface area (Å²) in [4.78, 5) is 12.2. The van der Waals surface area contributed by atoms with Crippen LogP contribution in [0.3, 0.4) is 0 Å². The Balaban J connectivity index is 2.07. The molecular weight excluding hydrogens is 260 g/mol. The van der Waals surface area contributed by atoms with Crippen LogP contribution in [0.2, 0.25) is 5.02 Å². The fraction of sp³-hybridized carbons (Fsp3) is 0.533. The molecule has 1 fully saturated rings. The van der Waals surface area contributed by atoms with Crippen molar-refractivity contribution in [1.82, 2.24) is 5.32 Å². The van der Waals surface area contributed by atoms with Gasteiger partial charge < -0.3 is 11.1 Å². The molecule has 19 heavy (non-hydrogen) atoms. The molecule has 1 aromatic carbocycles. The molecule has 3 nitrogen and oxygen atoms in total. The Hall–Kier alpha value is -1.06. The van der Waals surface area contributed by atoms with E-state index in [1.54, 1.807) is 6.07 Å². The number of rotatable bonds is 2. The fourth-order valence-corrected chi connectivity index (χ4v) is 2.92. The summed E-state index contributed by atoms with van der Waals surface area (Å²) in [5.41, 5.74) is 7.73. The lowest BCUT2D eigenvalue weighted by molar-refractivity contribution is 0.0928. The normalized spacial score (nSPS) is 23.7. The molecule has 1 aliphatic rings. The summed E-state index contributed by atoms with van der Waals surface area (Å²) in [6.07, 6.45) is 5.44. The van der Waals surface area contributed by atoms with E-state index in [0.717, 1.165) is 31.2 Å². The molecule has 3 N–H and O–H groups in total. The highest BCUT2D eigenvalue weighted by atomic mass is 35.5. The summed E-state index contributed by atoms with van der Waals surface area (Å²) in [6.45, 7) is 1.93. The number of carbonyl (C=O) groups is 1. The third-order valence-electron chi connectivity index (χ3n) is 3.69. The first-order chi connectivity index (χ1) is 9.06. The molecule has 0 aliphatic heterocycles. The van der Waals surface area contributed by atoms with Gasteiger partial charge in [0.25, 0.3) is 5.91 Å². The summed E-state index contributed by atoms with van der Waals surface area (Å²) in [5.74, 6) is -0.0760. The Kier molecular flexibility index (Phi) is 4.83. The zero-order chi connectivity index (χ0) is 13.8. The number of benzene rings is 1. The standard InChI is InChI=1S/C15H21ClN2O/c1-10-7-11(9-12(16)8-10)15(19)18-14-6-4-2-3-5-13(14)17/h7-9,13-14H,2-6,17H2,1H3,(H,18,19). The first kappa shape index (κ1) is 14.4. The summed E-state index contributed by atoms with van der Waals surface area (Å²) in [5, 5.41) is 3.65. The van der Waals surface area contributed by atoms with E-state index in [9.17, 15) is 4.79 Å². The van der Waals surface area contributed by atoms with Crippen molar-refractivity contribution in [3.63, 3.8) is 0 Å². The van der Waals surface area contributed by atoms with Crippen LogP contribution in [0.5, 0.6) is 0 Å². The Bertz CT molecular complexity index is 441. The topological polar surface area (TPSA) is 55.1 Å². The van der Waals surface area contributed by atoms with Crippen LogP contribution in [0.1, 0.15) is 48.0 Å². The molecule has 2 atom stereocenters. The molecule has 104 valence electrons. The molecule has 0 bridgehead atoms. The fourth-order valence-electron chi connectivity index (χ4n) is 2.63. The molecule has 0 saturated heterocycles. The number of aryl methyl sites for hydroxylation is 1. The molecule has 0 spiro atoms. The molecule has 0 heterocycles. The molecule has 0 aromatic heterocycles. The second-order valence-electron chi connectivity index (χ2n) is 5.40. The maximum Gasteiger partial charge on any atom is 0.251 e. The Labute approximate surface area is 119 Å². The van der Waals surface area contributed by atoms with Crippen LogP contribution in [-0.2, 0) is 0 Å². The molecular formula is C15H21ClN2O. The van der Waals surface area contributed by atoms with Gasteiger partial charge in [0.15, 0.2) is 0 Å². The predicted octanol–water partition coefficient (Wildman–Crippen LogP) is 3.04. The SMILES string of the molecule is Cc1cc(Cl)cc(C(=O)NC2CCCCCC2N)c1. The quantitative estimate of drug-likeness (QED) is 0.818. The Morgan fingerprint density at radius 3 is 2.74 bits per heavy atom. The summed E-state index contributed by atoms with van der Waals surface area (Å²) in [6, 6.07) is 5.53. The van der Waals surface area contributed by atoms with Gasteiger partial charge in [-0.05, 0) is 43.5 Å². The van der Waals surface area contributed by atoms with Crippen molar-refractivity contribution < 1.29 is 4.79 Å². The Morgan fingerprint density at radius 1 is 1.26 bits per heavy atom. The van der Waals surface area contributed by atoms with Crippen LogP contribution in [0.15, 0.2) is 18.2 Å². The smallest absolute Gasteiger partial charge is 0.251 e. The highest BCUT2D eigenvalue weighted by molar-refractivity contribution is 6.31. The number of hydrogen-bond donors (Lipinski definition) is 2. The number of carbonyl (C=O) groups excluding carboxylic acids is 1. The van der Waals surface area contributed by atoms with Crippen molar-refractivity contribution in [2.24, 2.45) is 5.73 Å². The second kappa shape index (κ2) is 6.40. The number of halogens is 1. The maximum absolute atomic E-state index is 12.2. The average molecular weight is 281 g/mol. The first-order valence-corrected chi connectivity index (χ1v) is 7.27. The zero-order valence-corrected chi connectivity index (χ0v) is 12.0. The lowest BCUT2D eigenvalue weighted by Gasteiger charge is -2.22. The van der Waals surface area contributed by atoms with Crippen LogP contribution in [0.25, 0.3) is 0 Å². The third kappa shape index (κ3) is 3.95. The second-order valence-corrected chi connectivity index (χ2v) is 5.84. The highest BCUT2D eigenvalue weighted by Crippen LogP contribution is 2.18. The van der Waals surface area contributed by atoms with Crippen molar-refractivity contribution in [2.45, 2.75) is 51.1 Å². The van der Waals surface area contributed by atoms with Crippen LogP contribution in [0, 0.1) is 6.92 Å². The number of nitrogens with one attached hydrogen (secondary N) is 1. The van der Waals surface area contributed by atoms with E-state index in [1.807, 2.05) is 19.1 Å². The van der Waals surface area contributed by atoms with E-state index in [4.69, 9.17) is 17.3 Å². The van der Waals surface area contributed by atoms with Crippen LogP contribution < -0.4 is 11.1 Å². The minimum Gasteiger partial charge on any atom is -0.348 e. The number of nitrogens with two attached hydrogens (primary N) is 1. The van der Waals surface area contributed by atoms with Crippen molar-refractivity contribution in [1.29, 1.82) is 0 Å². The van der Waals surface area contributed by atoms with Crippen molar-refractivity contribution in [2.75, 3.05) is 0 Å². The van der Waals surface area contributed by atoms with Gasteiger partial charge in [-0.15, -0.1) is 0 Å². The van der Waals surface area contributed by atoms with Gasteiger partial charge in [-0.3, -0.25) is 4.79 Å². The van der Waals surface area contributed by atoms with Crippen LogP contribution in [-0.4, -0.2) is 18.0 Å². The van der Waals surface area contributed by atoms with Gasteiger partial charge in [0.2, 0.25) is 0 Å². The van der Waals surface area contributed by atoms with E-state index >= 15 is 0 Å². The predicted molar refractivity (Wildman–Crippen MR) is 78.5 cm³/mol. The number of hydrogen-bond acceptors (Lipinski definition) is 2. The van der Waals surface area contributed by atoms with E-state index < -0.39 is 0 Å². The third-order valence-corrected chi connectivity index (χ3v) is 3.91. The zero-order valence-electron chi connectivity index (χ0n) is 11.3. The van der Waals surface area contributed by atoms with Gasteiger partial charge in [-0.25, -0.2) is 0 Å². The average Bonchev–Trinajstić information content (AvgIpc) is 2.54. The first-order valence-electron chi connectivity index (χ1n) is 6.90. The van der Waals surface area contributed by atoms with Crippen molar-refractivity contribution in [3.8, 4) is 0 Å². The lowest BCUT2D eigenvalue weighted by atomic mass is 10.0. The van der Waals surface area contributed by atoms with Gasteiger partial charge in [0, 0.05) is 22.7 Å². The highest BCUT2D eigenvalue weighted by Gasteiger charge is 2.22. The van der Waals surface area contributed by atoms with Gasteiger partial charge >= 0.3 is 0 Å². The van der Waals surface area contributed by atoms with Crippen LogP contribution >= 0.6 is 11.6 Å². The molecule has 1 aromatic rings. The van der Waals surface area contributed by atoms with E-state index in [1.165, 1.54) is 6.42 Å². The monoisotopic (exact) mass is 280 g/mol. The van der Waals surface area contributed by atoms with Gasteiger partial charge in [-0.2, -0.15) is 0 Å². The number of amides is 1. The van der Waals surface area contributed by atoms with E-state index in [0.29, 0.717) is 10.6 Å². The summed E-state index contributed by atoms with van der Waals surface area (Å²) in [7, 11) is 0. The largest absolute Gasteiger partial charge is 0.348 e. The van der Waals surface area contributed by atoms with Crippen LogP contribution in [0.4, 0.5) is 0 Å². The minimum absolute atomic E-state index is 0.0618. The van der Waals surface area contributed by atoms with E-state index in [-0.39, 0.29) is 18.0 Å². The van der Waals surface area contributed by atoms with Gasteiger partial charge in [0.05, 0.1) is 0 Å². The molecule has 1 amide bonds. The lowest BCUT2D eigenvalue weighted by Crippen LogP contribution is -2.46. The molecule has 4 heteroatoms. The van der Waals surface area contributed by atoms with Gasteiger partial charge in [-0.1, -0.05) is 30.9 Å². The molecule has 1 saturated carbocycles. The molecule has 0 radical (unpaired) electrons. The summed E-state index contributed by atoms with van der Waals surface area (Å²) < 4.78 is 0. The molecule has 2 unspecified atom stereocenters. The van der Waals surface area contributed by atoms with Gasteiger partial charge in [0.1, 0.15) is 0 Å². The Morgan fingerprint density at radius 2 is 2.00 bits per heavy atom. The van der Waals surface area contributed by atoms with Crippen molar-refractivity contribution in [3.05, 3.63) is 34.3 Å².